The Kier molecular flexibility index (Phi) is 52.5. The van der Waals surface area contributed by atoms with Crippen molar-refractivity contribution in [1.29, 1.82) is 0 Å². The molecular weight excluding hydrogens is 954 g/mol. The second-order valence-electron chi connectivity index (χ2n) is 20.7. The Balaban J connectivity index is 4.28. The number of nitrogens with zero attached hydrogens (tertiary/aromatic N) is 1. The molecule has 75 heavy (non-hydrogen) atoms. The molecule has 0 aromatic heterocycles. The van der Waals surface area contributed by atoms with Crippen molar-refractivity contribution in [3.63, 3.8) is 0 Å². The predicted molar refractivity (Wildman–Crippen MR) is 321 cm³/mol. The maximum Gasteiger partial charge on any atom is 0.472 e. The van der Waals surface area contributed by atoms with Crippen LogP contribution in [0.25, 0.3) is 0 Å². The van der Waals surface area contributed by atoms with E-state index in [4.69, 9.17) is 18.5 Å². The van der Waals surface area contributed by atoms with E-state index in [1.54, 1.807) is 0 Å². The fourth-order valence-corrected chi connectivity index (χ4v) is 8.43. The molecule has 0 spiro atoms. The molecule has 0 saturated heterocycles. The van der Waals surface area contributed by atoms with Gasteiger partial charge in [-0.2, -0.15) is 0 Å². The van der Waals surface area contributed by atoms with Crippen LogP contribution in [0.1, 0.15) is 226 Å². The molecule has 0 aromatic rings. The largest absolute Gasteiger partial charge is 0.472 e. The van der Waals surface area contributed by atoms with Crippen LogP contribution < -0.4 is 0 Å². The molecule has 0 heterocycles. The van der Waals surface area contributed by atoms with Crippen molar-refractivity contribution in [1.82, 2.24) is 0 Å². The van der Waals surface area contributed by atoms with Crippen molar-refractivity contribution < 1.29 is 42.1 Å². The van der Waals surface area contributed by atoms with Gasteiger partial charge in [-0.1, -0.05) is 245 Å². The second-order valence-corrected chi connectivity index (χ2v) is 22.1. The summed E-state index contributed by atoms with van der Waals surface area (Å²) in [6.45, 7) is 4.27. The number of carbonyl (C=O) groups excluding carboxylic acids is 2. The summed E-state index contributed by atoms with van der Waals surface area (Å²) in [4.78, 5) is 35.7. The molecule has 0 radical (unpaired) electrons. The lowest BCUT2D eigenvalue weighted by Crippen LogP contribution is -2.37. The van der Waals surface area contributed by atoms with Crippen LogP contribution >= 0.6 is 7.82 Å². The summed E-state index contributed by atoms with van der Waals surface area (Å²) >= 11 is 0. The highest BCUT2D eigenvalue weighted by Gasteiger charge is 2.27. The number of hydrogen-bond acceptors (Lipinski definition) is 7. The number of unbranched alkanes of at least 4 members (excludes halogenated alkanes) is 19. The molecule has 0 aliphatic rings. The molecule has 0 saturated carbocycles. The van der Waals surface area contributed by atoms with Crippen LogP contribution in [-0.2, 0) is 32.7 Å². The number of esters is 2. The third-order valence-electron chi connectivity index (χ3n) is 12.3. The lowest BCUT2D eigenvalue weighted by atomic mass is 10.0. The first kappa shape index (κ1) is 71.4. The van der Waals surface area contributed by atoms with Gasteiger partial charge in [-0.3, -0.25) is 18.6 Å². The predicted octanol–water partition coefficient (Wildman–Crippen LogP) is 18.8. The van der Waals surface area contributed by atoms with Gasteiger partial charge in [-0.15, -0.1) is 0 Å². The lowest BCUT2D eigenvalue weighted by Gasteiger charge is -2.24. The van der Waals surface area contributed by atoms with E-state index in [1.807, 2.05) is 21.1 Å². The van der Waals surface area contributed by atoms with Crippen molar-refractivity contribution >= 4 is 19.8 Å². The Morgan fingerprint density at radius 3 is 1.13 bits per heavy atom. The number of likely N-dealkylation sites (N-methyl/N-ethyl adjacent to an activating group) is 1. The molecule has 0 rings (SSSR count). The number of ether oxygens (including phenoxy) is 2. The van der Waals surface area contributed by atoms with Crippen molar-refractivity contribution in [2.24, 2.45) is 0 Å². The number of hydrogen-bond donors (Lipinski definition) is 1. The molecule has 2 atom stereocenters. The van der Waals surface area contributed by atoms with Crippen LogP contribution in [0.5, 0.6) is 0 Å². The molecule has 0 aliphatic carbocycles. The van der Waals surface area contributed by atoms with E-state index in [0.717, 1.165) is 96.3 Å². The molecule has 0 aliphatic heterocycles. The summed E-state index contributed by atoms with van der Waals surface area (Å²) in [6, 6.07) is 0. The average molecular weight is 1070 g/mol. The molecule has 0 aromatic carbocycles. The van der Waals surface area contributed by atoms with Crippen molar-refractivity contribution in [3.05, 3.63) is 122 Å². The van der Waals surface area contributed by atoms with E-state index in [-0.39, 0.29) is 32.0 Å². The molecule has 0 bridgehead atoms. The molecule has 9 nitrogen and oxygen atoms in total. The first-order chi connectivity index (χ1) is 36.5. The van der Waals surface area contributed by atoms with Gasteiger partial charge >= 0.3 is 19.8 Å². The van der Waals surface area contributed by atoms with Gasteiger partial charge in [-0.25, -0.2) is 4.57 Å². The first-order valence-corrected chi connectivity index (χ1v) is 31.3. The Bertz CT molecular complexity index is 1680. The third kappa shape index (κ3) is 59.5. The molecule has 2 unspecified atom stereocenters. The number of phosphoric acid groups is 1. The van der Waals surface area contributed by atoms with Gasteiger partial charge in [0.05, 0.1) is 27.7 Å². The van der Waals surface area contributed by atoms with Gasteiger partial charge in [0.1, 0.15) is 19.8 Å². The van der Waals surface area contributed by atoms with E-state index in [0.29, 0.717) is 17.4 Å². The Morgan fingerprint density at radius 1 is 0.427 bits per heavy atom. The van der Waals surface area contributed by atoms with Crippen LogP contribution in [0.3, 0.4) is 0 Å². The van der Waals surface area contributed by atoms with Crippen LogP contribution in [0, 0.1) is 0 Å². The highest BCUT2D eigenvalue weighted by atomic mass is 31.2. The smallest absolute Gasteiger partial charge is 0.462 e. The number of phosphoric ester groups is 1. The summed E-state index contributed by atoms with van der Waals surface area (Å²) in [5, 5.41) is 0. The van der Waals surface area contributed by atoms with Gasteiger partial charge in [0.25, 0.3) is 0 Å². The van der Waals surface area contributed by atoms with E-state index in [2.05, 4.69) is 135 Å². The monoisotopic (exact) mass is 1060 g/mol. The Labute approximate surface area is 460 Å². The maximum absolute atomic E-state index is 12.8. The van der Waals surface area contributed by atoms with E-state index in [1.165, 1.54) is 96.3 Å². The van der Waals surface area contributed by atoms with E-state index < -0.39 is 26.5 Å². The lowest BCUT2D eigenvalue weighted by molar-refractivity contribution is -0.870. The zero-order valence-corrected chi connectivity index (χ0v) is 49.4. The Hall–Kier alpha value is -3.59. The highest BCUT2D eigenvalue weighted by molar-refractivity contribution is 7.47. The standard InChI is InChI=1S/C65H110NO8P/c1-6-8-10-12-14-16-18-20-22-24-26-27-28-29-30-31-32-33-34-35-36-37-38-39-40-42-44-46-48-50-52-54-56-58-65(68)74-63(62-73-75(69,70)72-60-59-66(3,4)5)61-71-64(67)57-55-53-51-49-47-45-43-41-25-23-21-19-17-15-13-11-9-7-2/h8,10,14,16,20,22,26-27,29-30,32-33,35-36,38-39,42,44,48,50,63H,6-7,9,11-13,15,17-19,21,23-25,28,31,34,37,40-41,43,45-47,49,51-62H2,1-5H3/p+1/b10-8-,16-14-,22-20-,27-26-,30-29-,33-32-,36-35-,39-38-,44-42-,50-48-. The molecule has 0 fully saturated rings. The van der Waals surface area contributed by atoms with Gasteiger partial charge in [0.15, 0.2) is 6.10 Å². The average Bonchev–Trinajstić information content (AvgIpc) is 3.37. The molecule has 10 heteroatoms. The number of quaternary nitrogens is 1. The van der Waals surface area contributed by atoms with Gasteiger partial charge < -0.3 is 18.9 Å². The van der Waals surface area contributed by atoms with E-state index >= 15 is 0 Å². The zero-order chi connectivity index (χ0) is 54.9. The molecular formula is C65H111NO8P+. The number of carbonyl (C=O) groups is 2. The topological polar surface area (TPSA) is 108 Å². The van der Waals surface area contributed by atoms with E-state index in [9.17, 15) is 19.0 Å². The van der Waals surface area contributed by atoms with Crippen LogP contribution in [0.4, 0.5) is 0 Å². The zero-order valence-electron chi connectivity index (χ0n) is 48.5. The molecule has 0 amide bonds. The SMILES string of the molecule is CC/C=C\C/C=C\C/C=C\C/C=C\C/C=C\C/C=C\C/C=C\C/C=C\C/C=C\C/C=C\CCCCC(=O)OC(COC(=O)CCCCCCCCCCCCCCCCCCCC)COP(=O)(O)OCC[N+](C)(C)C. The fourth-order valence-electron chi connectivity index (χ4n) is 7.69. The van der Waals surface area contributed by atoms with Gasteiger partial charge in [-0.05, 0) is 89.9 Å². The quantitative estimate of drug-likeness (QED) is 0.0211. The Morgan fingerprint density at radius 2 is 0.760 bits per heavy atom. The first-order valence-electron chi connectivity index (χ1n) is 29.8. The van der Waals surface area contributed by atoms with Crippen molar-refractivity contribution in [2.75, 3.05) is 47.5 Å². The highest BCUT2D eigenvalue weighted by Crippen LogP contribution is 2.43. The van der Waals surface area contributed by atoms with Crippen molar-refractivity contribution in [2.45, 2.75) is 232 Å². The van der Waals surface area contributed by atoms with Crippen molar-refractivity contribution in [3.8, 4) is 0 Å². The van der Waals surface area contributed by atoms with Crippen LogP contribution in [0.15, 0.2) is 122 Å². The normalized spacial score (nSPS) is 14.2. The molecule has 428 valence electrons. The van der Waals surface area contributed by atoms with Gasteiger partial charge in [0.2, 0.25) is 0 Å². The van der Waals surface area contributed by atoms with Crippen LogP contribution in [-0.4, -0.2) is 74.9 Å². The summed E-state index contributed by atoms with van der Waals surface area (Å²) in [7, 11) is 1.44. The maximum atomic E-state index is 12.8. The minimum Gasteiger partial charge on any atom is -0.462 e. The molecule has 1 N–H and O–H groups in total. The second kappa shape index (κ2) is 55.2. The summed E-state index contributed by atoms with van der Waals surface area (Å²) in [6.07, 6.45) is 78.4. The summed E-state index contributed by atoms with van der Waals surface area (Å²) in [5.74, 6) is -0.851. The summed E-state index contributed by atoms with van der Waals surface area (Å²) in [5.41, 5.74) is 0. The summed E-state index contributed by atoms with van der Waals surface area (Å²) < 4.78 is 34.5. The minimum atomic E-state index is -4.40. The third-order valence-corrected chi connectivity index (χ3v) is 13.2. The van der Waals surface area contributed by atoms with Crippen LogP contribution in [0.2, 0.25) is 0 Å². The number of rotatable bonds is 53. The van der Waals surface area contributed by atoms with Gasteiger partial charge in [0, 0.05) is 12.8 Å². The fraction of sp³-hybridized carbons (Fsp3) is 0.662. The number of allylic oxidation sites excluding steroid dienone is 20. The minimum absolute atomic E-state index is 0.0178.